The van der Waals surface area contributed by atoms with Gasteiger partial charge >= 0.3 is 5.97 Å². The number of hydrogen-bond acceptors (Lipinski definition) is 3. The second-order valence-corrected chi connectivity index (χ2v) is 4.83. The lowest BCUT2D eigenvalue weighted by atomic mass is 10.3. The molecule has 0 aliphatic rings. The molecule has 100 valence electrons. The fourth-order valence-corrected chi connectivity index (χ4v) is 2.25. The summed E-state index contributed by atoms with van der Waals surface area (Å²) in [7, 11) is 0. The van der Waals surface area contributed by atoms with Crippen LogP contribution in [0, 0.1) is 11.6 Å². The lowest BCUT2D eigenvalue weighted by Crippen LogP contribution is -2.39. The number of nitrogens with one attached hydrogen (secondary N) is 1. The number of aliphatic carboxylic acids is 1. The summed E-state index contributed by atoms with van der Waals surface area (Å²) in [4.78, 5) is 11.5. The molecular weight excluding hydrogens is 260 g/mol. The molecule has 0 aromatic heterocycles. The lowest BCUT2D eigenvalue weighted by Gasteiger charge is -2.13. The Labute approximate surface area is 109 Å². The van der Waals surface area contributed by atoms with Crippen molar-refractivity contribution in [3.8, 4) is 0 Å². The maximum absolute atomic E-state index is 12.9. The van der Waals surface area contributed by atoms with Gasteiger partial charge in [0.05, 0.1) is 0 Å². The molecule has 6 heteroatoms. The van der Waals surface area contributed by atoms with Crippen molar-refractivity contribution < 1.29 is 18.7 Å². The third-order valence-electron chi connectivity index (χ3n) is 2.25. The van der Waals surface area contributed by atoms with E-state index in [1.165, 1.54) is 17.8 Å². The summed E-state index contributed by atoms with van der Waals surface area (Å²) in [5.41, 5.74) is 0. The minimum atomic E-state index is -0.946. The van der Waals surface area contributed by atoms with Gasteiger partial charge in [-0.05, 0) is 31.2 Å². The standard InChI is InChI=1S/C12H15F2NO2S/c1-2-5-15-11(12(16)17)7-18-8-3-4-9(13)10(14)6-8/h3-4,6,11,15H,2,5,7H2,1H3,(H,16,17). The molecule has 0 saturated carbocycles. The number of carboxylic acids is 1. The predicted octanol–water partition coefficient (Wildman–Crippen LogP) is 2.51. The van der Waals surface area contributed by atoms with Crippen LogP contribution in [0.5, 0.6) is 0 Å². The van der Waals surface area contributed by atoms with Crippen molar-refractivity contribution in [1.82, 2.24) is 5.32 Å². The van der Waals surface area contributed by atoms with Crippen molar-refractivity contribution in [3.05, 3.63) is 29.8 Å². The van der Waals surface area contributed by atoms with Crippen LogP contribution in [0.15, 0.2) is 23.1 Å². The van der Waals surface area contributed by atoms with Gasteiger partial charge in [-0.1, -0.05) is 6.92 Å². The van der Waals surface area contributed by atoms with Crippen molar-refractivity contribution in [2.75, 3.05) is 12.3 Å². The molecule has 2 N–H and O–H groups in total. The van der Waals surface area contributed by atoms with E-state index in [1.807, 2.05) is 6.92 Å². The smallest absolute Gasteiger partial charge is 0.321 e. The Bertz CT molecular complexity index is 415. The van der Waals surface area contributed by atoms with Crippen LogP contribution < -0.4 is 5.32 Å². The van der Waals surface area contributed by atoms with Gasteiger partial charge in [0.25, 0.3) is 0 Å². The van der Waals surface area contributed by atoms with Crippen molar-refractivity contribution in [1.29, 1.82) is 0 Å². The molecule has 1 rings (SSSR count). The molecule has 1 aromatic carbocycles. The molecule has 0 bridgehead atoms. The first-order valence-electron chi connectivity index (χ1n) is 5.58. The van der Waals surface area contributed by atoms with Gasteiger partial charge in [-0.15, -0.1) is 11.8 Å². The summed E-state index contributed by atoms with van der Waals surface area (Å²) >= 11 is 1.18. The van der Waals surface area contributed by atoms with Gasteiger partial charge in [-0.3, -0.25) is 4.79 Å². The Morgan fingerprint density at radius 2 is 2.17 bits per heavy atom. The van der Waals surface area contributed by atoms with E-state index < -0.39 is 23.6 Å². The Balaban J connectivity index is 2.55. The van der Waals surface area contributed by atoms with Crippen LogP contribution in [-0.4, -0.2) is 29.4 Å². The average Bonchev–Trinajstić information content (AvgIpc) is 2.33. The summed E-state index contributed by atoms with van der Waals surface area (Å²) in [6.07, 6.45) is 0.833. The van der Waals surface area contributed by atoms with E-state index in [0.717, 1.165) is 18.6 Å². The van der Waals surface area contributed by atoms with Crippen molar-refractivity contribution in [2.45, 2.75) is 24.3 Å². The van der Waals surface area contributed by atoms with E-state index in [9.17, 15) is 13.6 Å². The molecule has 18 heavy (non-hydrogen) atoms. The lowest BCUT2D eigenvalue weighted by molar-refractivity contribution is -0.138. The fourth-order valence-electron chi connectivity index (χ4n) is 1.28. The molecule has 0 saturated heterocycles. The van der Waals surface area contributed by atoms with E-state index in [-0.39, 0.29) is 5.75 Å². The number of rotatable bonds is 7. The highest BCUT2D eigenvalue weighted by molar-refractivity contribution is 7.99. The number of halogens is 2. The molecule has 0 amide bonds. The van der Waals surface area contributed by atoms with Gasteiger partial charge in [0, 0.05) is 10.6 Å². The van der Waals surface area contributed by atoms with Crippen LogP contribution in [0.2, 0.25) is 0 Å². The highest BCUT2D eigenvalue weighted by atomic mass is 32.2. The first-order valence-corrected chi connectivity index (χ1v) is 6.57. The summed E-state index contributed by atoms with van der Waals surface area (Å²) in [6, 6.07) is 2.84. The quantitative estimate of drug-likeness (QED) is 0.751. The zero-order valence-electron chi connectivity index (χ0n) is 9.95. The van der Waals surface area contributed by atoms with Crippen LogP contribution in [0.3, 0.4) is 0 Å². The third kappa shape index (κ3) is 4.62. The Morgan fingerprint density at radius 1 is 1.44 bits per heavy atom. The summed E-state index contributed by atoms with van der Waals surface area (Å²) < 4.78 is 25.6. The molecule has 0 spiro atoms. The van der Waals surface area contributed by atoms with Gasteiger partial charge in [-0.25, -0.2) is 8.78 Å². The molecule has 1 aromatic rings. The molecule has 1 atom stereocenters. The monoisotopic (exact) mass is 275 g/mol. The highest BCUT2D eigenvalue weighted by Gasteiger charge is 2.16. The summed E-state index contributed by atoms with van der Waals surface area (Å²) in [5.74, 6) is -2.51. The largest absolute Gasteiger partial charge is 0.480 e. The molecule has 0 radical (unpaired) electrons. The van der Waals surface area contributed by atoms with Gasteiger partial charge in [0.2, 0.25) is 0 Å². The molecule has 0 aliphatic carbocycles. The molecule has 0 heterocycles. The zero-order chi connectivity index (χ0) is 13.5. The number of hydrogen-bond donors (Lipinski definition) is 2. The highest BCUT2D eigenvalue weighted by Crippen LogP contribution is 2.21. The Kier molecular flexibility index (Phi) is 6.07. The summed E-state index contributed by atoms with van der Waals surface area (Å²) in [6.45, 7) is 2.55. The number of carbonyl (C=O) groups is 1. The van der Waals surface area contributed by atoms with E-state index in [1.54, 1.807) is 0 Å². The van der Waals surface area contributed by atoms with Crippen LogP contribution in [-0.2, 0) is 4.79 Å². The van der Waals surface area contributed by atoms with E-state index in [0.29, 0.717) is 11.4 Å². The second kappa shape index (κ2) is 7.33. The van der Waals surface area contributed by atoms with Crippen molar-refractivity contribution in [3.63, 3.8) is 0 Å². The minimum Gasteiger partial charge on any atom is -0.480 e. The second-order valence-electron chi connectivity index (χ2n) is 3.73. The Hall–Kier alpha value is -1.14. The van der Waals surface area contributed by atoms with Crippen LogP contribution in [0.1, 0.15) is 13.3 Å². The maximum Gasteiger partial charge on any atom is 0.321 e. The first kappa shape index (κ1) is 14.9. The number of benzene rings is 1. The van der Waals surface area contributed by atoms with Crippen LogP contribution in [0.25, 0.3) is 0 Å². The topological polar surface area (TPSA) is 49.3 Å². The number of thioether (sulfide) groups is 1. The summed E-state index contributed by atoms with van der Waals surface area (Å²) in [5, 5.41) is 11.8. The van der Waals surface area contributed by atoms with E-state index in [2.05, 4.69) is 5.32 Å². The van der Waals surface area contributed by atoms with E-state index in [4.69, 9.17) is 5.11 Å². The Morgan fingerprint density at radius 3 is 2.72 bits per heavy atom. The van der Waals surface area contributed by atoms with Gasteiger partial charge in [-0.2, -0.15) is 0 Å². The molecule has 0 fully saturated rings. The molecule has 1 unspecified atom stereocenters. The molecular formula is C12H15F2NO2S. The maximum atomic E-state index is 12.9. The fraction of sp³-hybridized carbons (Fsp3) is 0.417. The van der Waals surface area contributed by atoms with Gasteiger partial charge in [0.1, 0.15) is 6.04 Å². The van der Waals surface area contributed by atoms with Gasteiger partial charge < -0.3 is 10.4 Å². The van der Waals surface area contributed by atoms with Crippen molar-refractivity contribution in [2.24, 2.45) is 0 Å². The van der Waals surface area contributed by atoms with Crippen LogP contribution >= 0.6 is 11.8 Å². The average molecular weight is 275 g/mol. The van der Waals surface area contributed by atoms with Gasteiger partial charge in [0.15, 0.2) is 11.6 Å². The SMILES string of the molecule is CCCNC(CSc1ccc(F)c(F)c1)C(=O)O. The predicted molar refractivity (Wildman–Crippen MR) is 66.8 cm³/mol. The molecule has 0 aliphatic heterocycles. The number of carboxylic acid groups (broad SMARTS) is 1. The third-order valence-corrected chi connectivity index (χ3v) is 3.33. The zero-order valence-corrected chi connectivity index (χ0v) is 10.8. The normalized spacial score (nSPS) is 12.4. The first-order chi connectivity index (χ1) is 8.54. The minimum absolute atomic E-state index is 0.264. The van der Waals surface area contributed by atoms with E-state index >= 15 is 0 Å². The van der Waals surface area contributed by atoms with Crippen LogP contribution in [0.4, 0.5) is 8.78 Å². The van der Waals surface area contributed by atoms with Crippen molar-refractivity contribution >= 4 is 17.7 Å². The molecule has 3 nitrogen and oxygen atoms in total.